The van der Waals surface area contributed by atoms with Crippen LogP contribution in [0.4, 0.5) is 5.82 Å². The molecular formula is C23H16ClN3O5S. The third-order valence-corrected chi connectivity index (χ3v) is 6.59. The Morgan fingerprint density at radius 3 is 2.58 bits per heavy atom. The molecule has 0 unspecified atom stereocenters. The van der Waals surface area contributed by atoms with E-state index in [0.717, 1.165) is 4.40 Å². The lowest BCUT2D eigenvalue weighted by Gasteiger charge is -2.02. The molecule has 8 nitrogen and oxygen atoms in total. The van der Waals surface area contributed by atoms with Crippen molar-refractivity contribution in [3.63, 3.8) is 0 Å². The second kappa shape index (κ2) is 8.94. The first-order valence-corrected chi connectivity index (χ1v) is 11.6. The highest BCUT2D eigenvalue weighted by molar-refractivity contribution is 7.90. The molecule has 2 aromatic carbocycles. The predicted octanol–water partition coefficient (Wildman–Crippen LogP) is 4.28. The maximum atomic E-state index is 12.8. The first-order chi connectivity index (χ1) is 15.8. The van der Waals surface area contributed by atoms with Gasteiger partial charge in [-0.1, -0.05) is 47.7 Å². The van der Waals surface area contributed by atoms with Gasteiger partial charge >= 0.3 is 5.82 Å². The van der Waals surface area contributed by atoms with Crippen molar-refractivity contribution < 1.29 is 18.1 Å². The van der Waals surface area contributed by atoms with Gasteiger partial charge in [-0.15, -0.1) is 0 Å². The van der Waals surface area contributed by atoms with E-state index in [-0.39, 0.29) is 21.3 Å². The molecule has 2 heterocycles. The molecule has 0 aliphatic rings. The van der Waals surface area contributed by atoms with Crippen molar-refractivity contribution in [3.8, 4) is 17.6 Å². The number of aromatic nitrogens is 2. The molecule has 33 heavy (non-hydrogen) atoms. The van der Waals surface area contributed by atoms with Gasteiger partial charge in [0, 0.05) is 5.56 Å². The summed E-state index contributed by atoms with van der Waals surface area (Å²) in [6.45, 7) is 0. The van der Waals surface area contributed by atoms with E-state index in [2.05, 4.69) is 16.8 Å². The Kier molecular flexibility index (Phi) is 6.05. The zero-order chi connectivity index (χ0) is 23.6. The molecule has 0 radical (unpaired) electrons. The Balaban J connectivity index is 1.85. The second-order valence-corrected chi connectivity index (χ2v) is 9.38. The zero-order valence-electron chi connectivity index (χ0n) is 17.2. The number of halogens is 1. The van der Waals surface area contributed by atoms with Crippen LogP contribution in [-0.2, 0) is 15.6 Å². The van der Waals surface area contributed by atoms with Gasteiger partial charge in [0.25, 0.3) is 0 Å². The van der Waals surface area contributed by atoms with Crippen molar-refractivity contribution in [2.24, 2.45) is 0 Å². The quantitative estimate of drug-likeness (QED) is 0.239. The van der Waals surface area contributed by atoms with Crippen LogP contribution >= 0.6 is 11.6 Å². The summed E-state index contributed by atoms with van der Waals surface area (Å²) in [5.41, 5.74) is 0.910. The van der Waals surface area contributed by atoms with E-state index in [1.165, 1.54) is 24.4 Å². The number of fused-ring (bicyclic) bond motifs is 1. The van der Waals surface area contributed by atoms with Crippen LogP contribution in [0, 0.1) is 22.0 Å². The van der Waals surface area contributed by atoms with Gasteiger partial charge in [-0.05, 0) is 41.3 Å². The molecule has 10 heteroatoms. The van der Waals surface area contributed by atoms with Crippen LogP contribution < -0.4 is 4.74 Å². The number of rotatable bonds is 5. The summed E-state index contributed by atoms with van der Waals surface area (Å²) in [7, 11) is -2.32. The minimum atomic E-state index is -3.87. The second-order valence-electron chi connectivity index (χ2n) is 6.96. The average molecular weight is 482 g/mol. The van der Waals surface area contributed by atoms with Crippen molar-refractivity contribution in [2.45, 2.75) is 10.6 Å². The van der Waals surface area contributed by atoms with Crippen LogP contribution in [0.5, 0.6) is 5.75 Å². The third-order valence-electron chi connectivity index (χ3n) is 4.74. The summed E-state index contributed by atoms with van der Waals surface area (Å²) in [5, 5.41) is 12.0. The number of hydrogen-bond acceptors (Lipinski definition) is 6. The van der Waals surface area contributed by atoms with E-state index >= 15 is 0 Å². The summed E-state index contributed by atoms with van der Waals surface area (Å²) in [6, 6.07) is 16.3. The molecule has 0 aliphatic carbocycles. The lowest BCUT2D eigenvalue weighted by atomic mass is 10.2. The van der Waals surface area contributed by atoms with Crippen molar-refractivity contribution in [2.75, 3.05) is 7.11 Å². The van der Waals surface area contributed by atoms with Crippen LogP contribution in [0.1, 0.15) is 16.8 Å². The SMILES string of the molecule is COc1cccc(C#Cc2cc(Cl)cn3c([N+](=O)[O-])c(CS(=O)(=O)c4ccccc4)nc23)c1. The van der Waals surface area contributed by atoms with Crippen LogP contribution in [0.25, 0.3) is 5.65 Å². The van der Waals surface area contributed by atoms with Crippen LogP contribution in [0.3, 0.4) is 0 Å². The van der Waals surface area contributed by atoms with E-state index < -0.39 is 26.3 Å². The first-order valence-electron chi connectivity index (χ1n) is 9.57. The smallest absolute Gasteiger partial charge is 0.352 e. The Hall–Kier alpha value is -3.87. The van der Waals surface area contributed by atoms with Crippen LogP contribution in [0.15, 0.2) is 71.8 Å². The molecule has 0 spiro atoms. The monoisotopic (exact) mass is 481 g/mol. The standard InChI is InChI=1S/C23H16ClN3O5S/c1-32-19-7-5-6-16(12-19)10-11-17-13-18(24)14-26-22(17)25-21(23(26)27(28)29)15-33(30,31)20-8-3-2-4-9-20/h2-9,12-14H,15H2,1H3. The number of sulfone groups is 1. The summed E-state index contributed by atoms with van der Waals surface area (Å²) < 4.78 is 32.0. The average Bonchev–Trinajstić information content (AvgIpc) is 3.15. The first kappa shape index (κ1) is 22.3. The molecule has 0 saturated carbocycles. The van der Waals surface area contributed by atoms with Gasteiger partial charge in [-0.25, -0.2) is 13.4 Å². The van der Waals surface area contributed by atoms with E-state index in [4.69, 9.17) is 16.3 Å². The molecule has 0 amide bonds. The zero-order valence-corrected chi connectivity index (χ0v) is 18.8. The van der Waals surface area contributed by atoms with E-state index in [1.54, 1.807) is 49.6 Å². The van der Waals surface area contributed by atoms with Gasteiger partial charge in [-0.2, -0.15) is 4.40 Å². The van der Waals surface area contributed by atoms with Crippen molar-refractivity contribution >= 4 is 32.9 Å². The fourth-order valence-corrected chi connectivity index (χ4v) is 4.76. The van der Waals surface area contributed by atoms with Crippen LogP contribution in [0.2, 0.25) is 5.02 Å². The number of ether oxygens (including phenoxy) is 1. The summed E-state index contributed by atoms with van der Waals surface area (Å²) in [6.07, 6.45) is 1.32. The molecule has 0 atom stereocenters. The van der Waals surface area contributed by atoms with Crippen molar-refractivity contribution in [1.82, 2.24) is 9.38 Å². The number of benzene rings is 2. The van der Waals surface area contributed by atoms with Crippen molar-refractivity contribution in [3.05, 3.63) is 98.8 Å². The molecule has 4 rings (SSSR count). The number of methoxy groups -OCH3 is 1. The lowest BCUT2D eigenvalue weighted by molar-refractivity contribution is -0.391. The van der Waals surface area contributed by atoms with Crippen molar-refractivity contribution in [1.29, 1.82) is 0 Å². The lowest BCUT2D eigenvalue weighted by Crippen LogP contribution is -2.07. The number of pyridine rings is 1. The molecular weight excluding hydrogens is 466 g/mol. The Morgan fingerprint density at radius 1 is 1.12 bits per heavy atom. The third kappa shape index (κ3) is 4.67. The maximum absolute atomic E-state index is 12.8. The number of nitrogens with zero attached hydrogens (tertiary/aromatic N) is 3. The van der Waals surface area contributed by atoms with E-state index in [9.17, 15) is 18.5 Å². The molecule has 0 aliphatic heterocycles. The molecule has 0 N–H and O–H groups in total. The molecule has 0 fully saturated rings. The maximum Gasteiger partial charge on any atom is 0.352 e. The summed E-state index contributed by atoms with van der Waals surface area (Å²) in [5.74, 6) is 5.39. The number of imidazole rings is 1. The van der Waals surface area contributed by atoms with E-state index in [1.807, 2.05) is 0 Å². The topological polar surface area (TPSA) is 104 Å². The summed E-state index contributed by atoms with van der Waals surface area (Å²) in [4.78, 5) is 15.5. The van der Waals surface area contributed by atoms with E-state index in [0.29, 0.717) is 16.9 Å². The fraction of sp³-hybridized carbons (Fsp3) is 0.0870. The number of nitro groups is 1. The normalized spacial score (nSPS) is 11.1. The Morgan fingerprint density at radius 2 is 1.88 bits per heavy atom. The molecule has 4 aromatic rings. The molecule has 166 valence electrons. The predicted molar refractivity (Wildman–Crippen MR) is 123 cm³/mol. The molecule has 0 bridgehead atoms. The van der Waals surface area contributed by atoms with Gasteiger partial charge in [-0.3, -0.25) is 0 Å². The minimum Gasteiger partial charge on any atom is -0.497 e. The summed E-state index contributed by atoms with van der Waals surface area (Å²) >= 11 is 6.19. The number of hydrogen-bond donors (Lipinski definition) is 0. The van der Waals surface area contributed by atoms with Gasteiger partial charge in [0.1, 0.15) is 17.7 Å². The van der Waals surface area contributed by atoms with Gasteiger partial charge < -0.3 is 14.9 Å². The largest absolute Gasteiger partial charge is 0.497 e. The van der Waals surface area contributed by atoms with Gasteiger partial charge in [0.15, 0.2) is 15.5 Å². The fourth-order valence-electron chi connectivity index (χ4n) is 3.26. The Labute approximate surface area is 194 Å². The van der Waals surface area contributed by atoms with Crippen LogP contribution in [-0.4, -0.2) is 29.8 Å². The van der Waals surface area contributed by atoms with Gasteiger partial charge in [0.05, 0.1) is 22.6 Å². The highest BCUT2D eigenvalue weighted by Gasteiger charge is 2.29. The highest BCUT2D eigenvalue weighted by Crippen LogP contribution is 2.28. The Bertz CT molecular complexity index is 1540. The highest BCUT2D eigenvalue weighted by atomic mass is 35.5. The van der Waals surface area contributed by atoms with Gasteiger partial charge in [0.2, 0.25) is 5.65 Å². The molecule has 0 saturated heterocycles. The molecule has 2 aromatic heterocycles. The minimum absolute atomic E-state index is 0.0485.